The Balaban J connectivity index is 2.83. The molecule has 0 aliphatic carbocycles. The van der Waals surface area contributed by atoms with Gasteiger partial charge in [0.15, 0.2) is 0 Å². The van der Waals surface area contributed by atoms with Crippen LogP contribution in [0.25, 0.3) is 0 Å². The molecular weight excluding hydrogens is 230 g/mol. The third kappa shape index (κ3) is 3.64. The van der Waals surface area contributed by atoms with Crippen molar-refractivity contribution < 1.29 is 14.3 Å². The largest absolute Gasteiger partial charge is 0.444 e. The highest BCUT2D eigenvalue weighted by molar-refractivity contribution is 5.69. The van der Waals surface area contributed by atoms with E-state index < -0.39 is 11.3 Å². The maximum atomic E-state index is 12.2. The Morgan fingerprint density at radius 3 is 2.61 bits per heavy atom. The van der Waals surface area contributed by atoms with Crippen LogP contribution in [0.15, 0.2) is 0 Å². The first-order valence-electron chi connectivity index (χ1n) is 6.23. The summed E-state index contributed by atoms with van der Waals surface area (Å²) in [5.74, 6) is 5.84. The predicted molar refractivity (Wildman–Crippen MR) is 70.0 cm³/mol. The zero-order chi connectivity index (χ0) is 14.0. The summed E-state index contributed by atoms with van der Waals surface area (Å²) in [7, 11) is 0. The number of carbonyl (C=O) groups excluding carboxylic acids is 1. The lowest BCUT2D eigenvalue weighted by atomic mass is 10.1. The molecule has 0 N–H and O–H groups in total. The van der Waals surface area contributed by atoms with E-state index in [-0.39, 0.29) is 12.1 Å². The van der Waals surface area contributed by atoms with E-state index in [1.54, 1.807) is 11.8 Å². The van der Waals surface area contributed by atoms with Gasteiger partial charge in [0.25, 0.3) is 0 Å². The van der Waals surface area contributed by atoms with Crippen molar-refractivity contribution in [2.75, 3.05) is 6.61 Å². The van der Waals surface area contributed by atoms with Crippen LogP contribution < -0.4 is 0 Å². The minimum Gasteiger partial charge on any atom is -0.444 e. The van der Waals surface area contributed by atoms with Crippen molar-refractivity contribution in [1.82, 2.24) is 4.90 Å². The molecule has 0 aromatic heterocycles. The summed E-state index contributed by atoms with van der Waals surface area (Å²) in [4.78, 5) is 13.9. The molecule has 1 aliphatic rings. The van der Waals surface area contributed by atoms with E-state index in [0.717, 1.165) is 0 Å². The molecule has 1 heterocycles. The summed E-state index contributed by atoms with van der Waals surface area (Å²) in [5.41, 5.74) is -1.14. The molecule has 0 unspecified atom stereocenters. The van der Waals surface area contributed by atoms with Crippen molar-refractivity contribution in [3.05, 3.63) is 0 Å². The predicted octanol–water partition coefficient (Wildman–Crippen LogP) is 2.77. The highest BCUT2D eigenvalue weighted by Gasteiger charge is 2.45. The van der Waals surface area contributed by atoms with Crippen LogP contribution >= 0.6 is 0 Å². The number of hydrogen-bond donors (Lipinski definition) is 0. The van der Waals surface area contributed by atoms with E-state index >= 15 is 0 Å². The van der Waals surface area contributed by atoms with E-state index in [9.17, 15) is 4.79 Å². The van der Waals surface area contributed by atoms with Crippen molar-refractivity contribution in [3.63, 3.8) is 0 Å². The maximum absolute atomic E-state index is 12.2. The summed E-state index contributed by atoms with van der Waals surface area (Å²) < 4.78 is 11.1. The van der Waals surface area contributed by atoms with Gasteiger partial charge in [-0.2, -0.15) is 0 Å². The van der Waals surface area contributed by atoms with Crippen LogP contribution in [0.1, 0.15) is 48.0 Å². The first kappa shape index (κ1) is 14.8. The van der Waals surface area contributed by atoms with Crippen LogP contribution in [0.5, 0.6) is 0 Å². The van der Waals surface area contributed by atoms with E-state index in [0.29, 0.717) is 13.0 Å². The van der Waals surface area contributed by atoms with Gasteiger partial charge in [-0.1, -0.05) is 0 Å². The van der Waals surface area contributed by atoms with E-state index in [1.807, 2.05) is 34.6 Å². The SMILES string of the molecule is CC#CC[C@H]1COC(C)(C)N1C(=O)OC(C)(C)C. The second-order valence-electron chi connectivity index (χ2n) is 5.89. The Bertz CT molecular complexity index is 371. The first-order valence-corrected chi connectivity index (χ1v) is 6.23. The van der Waals surface area contributed by atoms with Crippen LogP contribution in [0.4, 0.5) is 4.79 Å². The van der Waals surface area contributed by atoms with Gasteiger partial charge in [-0.15, -0.1) is 11.8 Å². The zero-order valence-corrected chi connectivity index (χ0v) is 12.2. The van der Waals surface area contributed by atoms with Gasteiger partial charge < -0.3 is 9.47 Å². The molecule has 1 aliphatic heterocycles. The third-order valence-electron chi connectivity index (χ3n) is 2.68. The monoisotopic (exact) mass is 253 g/mol. The molecule has 0 radical (unpaired) electrons. The number of carbonyl (C=O) groups is 1. The number of amides is 1. The highest BCUT2D eigenvalue weighted by Crippen LogP contribution is 2.30. The Labute approximate surface area is 110 Å². The third-order valence-corrected chi connectivity index (χ3v) is 2.68. The van der Waals surface area contributed by atoms with Crippen molar-refractivity contribution >= 4 is 6.09 Å². The van der Waals surface area contributed by atoms with Crippen LogP contribution in [-0.2, 0) is 9.47 Å². The van der Waals surface area contributed by atoms with Crippen molar-refractivity contribution in [2.45, 2.75) is 65.3 Å². The van der Waals surface area contributed by atoms with E-state index in [1.165, 1.54) is 0 Å². The molecule has 0 aromatic rings. The second-order valence-corrected chi connectivity index (χ2v) is 5.89. The second kappa shape index (κ2) is 5.19. The number of nitrogens with zero attached hydrogens (tertiary/aromatic N) is 1. The maximum Gasteiger partial charge on any atom is 0.412 e. The minimum absolute atomic E-state index is 0.0395. The topological polar surface area (TPSA) is 38.8 Å². The average Bonchev–Trinajstić information content (AvgIpc) is 2.48. The minimum atomic E-state index is -0.636. The summed E-state index contributed by atoms with van der Waals surface area (Å²) in [6.07, 6.45) is 0.270. The van der Waals surface area contributed by atoms with Gasteiger partial charge in [0.1, 0.15) is 11.3 Å². The molecule has 0 bridgehead atoms. The fourth-order valence-electron chi connectivity index (χ4n) is 1.93. The lowest BCUT2D eigenvalue weighted by molar-refractivity contribution is -0.0622. The fraction of sp³-hybridized carbons (Fsp3) is 0.786. The molecule has 0 aromatic carbocycles. The highest BCUT2D eigenvalue weighted by atomic mass is 16.6. The van der Waals surface area contributed by atoms with Gasteiger partial charge in [-0.3, -0.25) is 4.90 Å². The number of ether oxygens (including phenoxy) is 2. The normalized spacial score (nSPS) is 22.3. The fourth-order valence-corrected chi connectivity index (χ4v) is 1.93. The standard InChI is InChI=1S/C14H23NO3/c1-7-8-9-11-10-17-14(5,6)15(11)12(16)18-13(2,3)4/h11H,9-10H2,1-6H3/t11-/m0/s1. The Morgan fingerprint density at radius 1 is 1.50 bits per heavy atom. The van der Waals surface area contributed by atoms with Crippen LogP contribution in [-0.4, -0.2) is 35.0 Å². The van der Waals surface area contributed by atoms with Gasteiger partial charge in [0.05, 0.1) is 12.6 Å². The molecule has 1 fully saturated rings. The van der Waals surface area contributed by atoms with Gasteiger partial charge >= 0.3 is 6.09 Å². The molecule has 4 heteroatoms. The molecule has 1 amide bonds. The molecule has 18 heavy (non-hydrogen) atoms. The molecule has 0 saturated carbocycles. The molecule has 1 atom stereocenters. The van der Waals surface area contributed by atoms with Crippen molar-refractivity contribution in [1.29, 1.82) is 0 Å². The van der Waals surface area contributed by atoms with Gasteiger partial charge in [0.2, 0.25) is 0 Å². The lowest BCUT2D eigenvalue weighted by Crippen LogP contribution is -2.49. The summed E-state index contributed by atoms with van der Waals surface area (Å²) >= 11 is 0. The van der Waals surface area contributed by atoms with Crippen molar-refractivity contribution in [2.24, 2.45) is 0 Å². The molecule has 1 saturated heterocycles. The number of hydrogen-bond acceptors (Lipinski definition) is 3. The Kier molecular flexibility index (Phi) is 4.28. The summed E-state index contributed by atoms with van der Waals surface area (Å²) in [5, 5.41) is 0. The van der Waals surface area contributed by atoms with Crippen molar-refractivity contribution in [3.8, 4) is 11.8 Å². The molecule has 0 spiro atoms. The lowest BCUT2D eigenvalue weighted by Gasteiger charge is -2.34. The average molecular weight is 253 g/mol. The summed E-state index contributed by atoms with van der Waals surface area (Å²) in [6, 6.07) is -0.0395. The Morgan fingerprint density at radius 2 is 2.11 bits per heavy atom. The summed E-state index contributed by atoms with van der Waals surface area (Å²) in [6.45, 7) is 11.6. The van der Waals surface area contributed by atoms with Gasteiger partial charge in [-0.25, -0.2) is 4.79 Å². The Hall–Kier alpha value is -1.21. The van der Waals surface area contributed by atoms with Crippen LogP contribution in [0, 0.1) is 11.8 Å². The van der Waals surface area contributed by atoms with Gasteiger partial charge in [-0.05, 0) is 41.5 Å². The number of rotatable bonds is 1. The molecular formula is C14H23NO3. The van der Waals surface area contributed by atoms with Crippen LogP contribution in [0.3, 0.4) is 0 Å². The zero-order valence-electron chi connectivity index (χ0n) is 12.2. The van der Waals surface area contributed by atoms with E-state index in [2.05, 4.69) is 11.8 Å². The molecule has 102 valence electrons. The first-order chi connectivity index (χ1) is 8.17. The molecule has 1 rings (SSSR count). The van der Waals surface area contributed by atoms with Gasteiger partial charge in [0, 0.05) is 6.42 Å². The molecule has 4 nitrogen and oxygen atoms in total. The van der Waals surface area contributed by atoms with Crippen LogP contribution in [0.2, 0.25) is 0 Å². The smallest absolute Gasteiger partial charge is 0.412 e. The quantitative estimate of drug-likeness (QED) is 0.674. The van der Waals surface area contributed by atoms with E-state index in [4.69, 9.17) is 9.47 Å².